The first-order valence-electron chi connectivity index (χ1n) is 29.2. The molecule has 1 heterocycles. The first kappa shape index (κ1) is 67.1. The highest BCUT2D eigenvalue weighted by atomic mass is 16.7. The lowest BCUT2D eigenvalue weighted by atomic mass is 9.99. The minimum absolute atomic E-state index is 0.109. The molecule has 1 saturated heterocycles. The number of amides is 1. The molecule has 1 fully saturated rings. The van der Waals surface area contributed by atoms with Crippen molar-refractivity contribution >= 4 is 11.9 Å². The van der Waals surface area contributed by atoms with Gasteiger partial charge in [-0.3, -0.25) is 9.59 Å². The van der Waals surface area contributed by atoms with Crippen LogP contribution in [0.4, 0.5) is 0 Å². The van der Waals surface area contributed by atoms with Crippen LogP contribution in [0.25, 0.3) is 0 Å². The molecule has 1 aliphatic rings. The van der Waals surface area contributed by atoms with Crippen LogP contribution in [-0.4, -0.2) is 99.6 Å². The summed E-state index contributed by atoms with van der Waals surface area (Å²) in [7, 11) is 0. The van der Waals surface area contributed by atoms with Crippen LogP contribution >= 0.6 is 0 Å². The SMILES string of the molecule is CC/C=C/C/C=C/C/C=C/CCCCCC(O)C(=O)NC(COC1OC(CO)C(O)C(O)C1OC(=O)CCCCCCCCC/C=C\C/C=C\CCCCC)C(O)/C=C/CCCCCCCCCCCCC. The Hall–Kier alpha value is -2.90. The van der Waals surface area contributed by atoms with E-state index in [1.54, 1.807) is 6.08 Å². The molecule has 0 saturated carbocycles. The third-order valence-electron chi connectivity index (χ3n) is 13.3. The molecule has 0 aromatic carbocycles. The van der Waals surface area contributed by atoms with Gasteiger partial charge in [0.2, 0.25) is 5.91 Å². The number of allylic oxidation sites excluding steroid dienone is 11. The molecular weight excluding hydrogens is 907 g/mol. The van der Waals surface area contributed by atoms with Gasteiger partial charge in [0.25, 0.3) is 0 Å². The molecule has 0 bridgehead atoms. The van der Waals surface area contributed by atoms with Crippen molar-refractivity contribution in [2.75, 3.05) is 13.2 Å². The fourth-order valence-corrected chi connectivity index (χ4v) is 8.69. The van der Waals surface area contributed by atoms with Gasteiger partial charge < -0.3 is 45.1 Å². The van der Waals surface area contributed by atoms with Crippen LogP contribution in [0.5, 0.6) is 0 Å². The normalized spacial score (nSPS) is 20.0. The van der Waals surface area contributed by atoms with Crippen molar-refractivity contribution in [3.63, 3.8) is 0 Å². The summed E-state index contributed by atoms with van der Waals surface area (Å²) in [5.41, 5.74) is 0. The number of unbranched alkanes of at least 4 members (excludes halogenated alkanes) is 24. The number of esters is 1. The standard InChI is InChI=1S/C61H107NO10/c1-4-7-10-13-16-19-22-25-26-27-28-31-34-37-40-43-46-49-56(66)72-59-58(68)57(67)55(50-63)71-61(59)70-51-52(53(64)47-44-41-38-35-32-29-23-20-17-14-11-8-5-2)62-60(69)54(65)48-45-42-39-36-33-30-24-21-18-15-12-9-6-3/h9,12,16,18-19,21,25-26,30,33,44,47,52-55,57-59,61,63-65,67-68H,4-8,10-11,13-15,17,20,22-24,27-29,31-32,34-43,45-46,48-51H2,1-3H3,(H,62,69)/b12-9+,19-16-,21-18+,26-25-,33-30+,47-44+. The van der Waals surface area contributed by atoms with Crippen LogP contribution in [0.3, 0.4) is 0 Å². The van der Waals surface area contributed by atoms with E-state index < -0.39 is 67.4 Å². The number of ether oxygens (including phenoxy) is 3. The summed E-state index contributed by atoms with van der Waals surface area (Å²) in [5.74, 6) is -1.23. The molecule has 1 rings (SSSR count). The van der Waals surface area contributed by atoms with Gasteiger partial charge in [0.15, 0.2) is 12.4 Å². The quantitative estimate of drug-likeness (QED) is 0.0195. The third-order valence-corrected chi connectivity index (χ3v) is 13.3. The predicted octanol–water partition coefficient (Wildman–Crippen LogP) is 13.2. The van der Waals surface area contributed by atoms with Crippen LogP contribution in [0.1, 0.15) is 239 Å². The number of rotatable bonds is 48. The topological polar surface area (TPSA) is 175 Å². The maximum atomic E-state index is 13.4. The van der Waals surface area contributed by atoms with E-state index in [2.05, 4.69) is 86.8 Å². The van der Waals surface area contributed by atoms with Gasteiger partial charge in [-0.1, -0.05) is 216 Å². The Morgan fingerprint density at radius 1 is 0.556 bits per heavy atom. The summed E-state index contributed by atoms with van der Waals surface area (Å²) in [6, 6.07) is -1.04. The summed E-state index contributed by atoms with van der Waals surface area (Å²) in [6.45, 7) is 5.62. The zero-order chi connectivity index (χ0) is 52.5. The molecule has 6 N–H and O–H groups in total. The second-order valence-electron chi connectivity index (χ2n) is 20.0. The zero-order valence-electron chi connectivity index (χ0n) is 45.8. The Labute approximate surface area is 439 Å². The van der Waals surface area contributed by atoms with Gasteiger partial charge >= 0.3 is 5.97 Å². The summed E-state index contributed by atoms with van der Waals surface area (Å²) in [5, 5.41) is 56.8. The number of hydrogen-bond donors (Lipinski definition) is 6. The van der Waals surface area contributed by atoms with Gasteiger partial charge in [-0.15, -0.1) is 0 Å². The smallest absolute Gasteiger partial charge is 0.306 e. The van der Waals surface area contributed by atoms with Gasteiger partial charge in [-0.05, 0) is 89.9 Å². The third kappa shape index (κ3) is 36.9. The van der Waals surface area contributed by atoms with E-state index in [1.807, 2.05) is 6.08 Å². The molecule has 0 aromatic heterocycles. The van der Waals surface area contributed by atoms with Crippen molar-refractivity contribution in [3.8, 4) is 0 Å². The van der Waals surface area contributed by atoms with E-state index in [0.717, 1.165) is 96.3 Å². The van der Waals surface area contributed by atoms with Crippen molar-refractivity contribution in [3.05, 3.63) is 72.9 Å². The zero-order valence-corrected chi connectivity index (χ0v) is 45.8. The maximum absolute atomic E-state index is 13.4. The molecule has 11 nitrogen and oxygen atoms in total. The fourth-order valence-electron chi connectivity index (χ4n) is 8.69. The van der Waals surface area contributed by atoms with Gasteiger partial charge in [-0.25, -0.2) is 0 Å². The van der Waals surface area contributed by atoms with Gasteiger partial charge in [-0.2, -0.15) is 0 Å². The monoisotopic (exact) mass is 1010 g/mol. The Kier molecular flexibility index (Phi) is 45.7. The highest BCUT2D eigenvalue weighted by Crippen LogP contribution is 2.26. The highest BCUT2D eigenvalue weighted by Gasteiger charge is 2.47. The molecule has 11 heteroatoms. The molecule has 8 unspecified atom stereocenters. The largest absolute Gasteiger partial charge is 0.454 e. The van der Waals surface area contributed by atoms with E-state index in [9.17, 15) is 35.1 Å². The molecule has 1 amide bonds. The molecule has 72 heavy (non-hydrogen) atoms. The molecule has 0 aromatic rings. The van der Waals surface area contributed by atoms with Crippen molar-refractivity contribution < 1.29 is 49.3 Å². The van der Waals surface area contributed by atoms with Crippen molar-refractivity contribution in [2.24, 2.45) is 0 Å². The molecule has 1 aliphatic heterocycles. The summed E-state index contributed by atoms with van der Waals surface area (Å²) in [6.07, 6.45) is 50.8. The van der Waals surface area contributed by atoms with E-state index >= 15 is 0 Å². The lowest BCUT2D eigenvalue weighted by Gasteiger charge is -2.41. The van der Waals surface area contributed by atoms with Crippen LogP contribution in [-0.2, 0) is 23.8 Å². The molecule has 0 aliphatic carbocycles. The summed E-state index contributed by atoms with van der Waals surface area (Å²) >= 11 is 0. The Morgan fingerprint density at radius 3 is 1.53 bits per heavy atom. The molecule has 0 radical (unpaired) electrons. The Bertz CT molecular complexity index is 1440. The van der Waals surface area contributed by atoms with Crippen LogP contribution in [0, 0.1) is 0 Å². The number of aliphatic hydroxyl groups excluding tert-OH is 5. The van der Waals surface area contributed by atoms with Crippen molar-refractivity contribution in [1.29, 1.82) is 0 Å². The molecule has 0 spiro atoms. The van der Waals surface area contributed by atoms with E-state index in [1.165, 1.54) is 96.3 Å². The van der Waals surface area contributed by atoms with E-state index in [0.29, 0.717) is 12.8 Å². The van der Waals surface area contributed by atoms with Crippen LogP contribution in [0.15, 0.2) is 72.9 Å². The minimum Gasteiger partial charge on any atom is -0.454 e. The highest BCUT2D eigenvalue weighted by molar-refractivity contribution is 5.80. The van der Waals surface area contributed by atoms with Gasteiger partial charge in [0, 0.05) is 6.42 Å². The summed E-state index contributed by atoms with van der Waals surface area (Å²) < 4.78 is 17.6. The number of hydrogen-bond acceptors (Lipinski definition) is 10. The molecule has 8 atom stereocenters. The molecule has 416 valence electrons. The van der Waals surface area contributed by atoms with Crippen LogP contribution < -0.4 is 5.32 Å². The first-order chi connectivity index (χ1) is 35.2. The lowest BCUT2D eigenvalue weighted by Crippen LogP contribution is -2.61. The number of carbonyl (C=O) groups excluding carboxylic acids is 2. The Morgan fingerprint density at radius 2 is 1.00 bits per heavy atom. The van der Waals surface area contributed by atoms with Crippen LogP contribution in [0.2, 0.25) is 0 Å². The predicted molar refractivity (Wildman–Crippen MR) is 296 cm³/mol. The number of nitrogens with one attached hydrogen (secondary N) is 1. The summed E-state index contributed by atoms with van der Waals surface area (Å²) in [4.78, 5) is 26.5. The van der Waals surface area contributed by atoms with E-state index in [4.69, 9.17) is 14.2 Å². The minimum atomic E-state index is -1.62. The maximum Gasteiger partial charge on any atom is 0.306 e. The second kappa shape index (κ2) is 49.0. The second-order valence-corrected chi connectivity index (χ2v) is 20.0. The lowest BCUT2D eigenvalue weighted by molar-refractivity contribution is -0.305. The Balaban J connectivity index is 2.74. The average Bonchev–Trinajstić information content (AvgIpc) is 3.38. The number of carbonyl (C=O) groups is 2. The van der Waals surface area contributed by atoms with Crippen molar-refractivity contribution in [1.82, 2.24) is 5.32 Å². The van der Waals surface area contributed by atoms with Crippen molar-refractivity contribution in [2.45, 2.75) is 288 Å². The molecular formula is C61H107NO10. The first-order valence-corrected chi connectivity index (χ1v) is 29.2. The average molecular weight is 1010 g/mol. The van der Waals surface area contributed by atoms with E-state index in [-0.39, 0.29) is 19.4 Å². The fraction of sp³-hybridized carbons (Fsp3) is 0.770. The number of aliphatic hydroxyl groups is 5. The van der Waals surface area contributed by atoms with Gasteiger partial charge in [0.05, 0.1) is 25.4 Å². The van der Waals surface area contributed by atoms with Gasteiger partial charge in [0.1, 0.15) is 24.4 Å².